The minimum absolute atomic E-state index is 1.14. The average Bonchev–Trinajstić information content (AvgIpc) is 3.65. The van der Waals surface area contributed by atoms with Gasteiger partial charge in [-0.25, -0.2) is 0 Å². The van der Waals surface area contributed by atoms with E-state index in [1.54, 1.807) is 0 Å². The summed E-state index contributed by atoms with van der Waals surface area (Å²) in [5.74, 6) is 0. The monoisotopic (exact) mass is 697 g/mol. The maximum atomic E-state index is 3.92. The lowest BCUT2D eigenvalue weighted by molar-refractivity contribution is 1.52. The molecule has 0 aliphatic heterocycles. The quantitative estimate of drug-likeness (QED) is 0.172. The zero-order valence-electron chi connectivity index (χ0n) is 30.1. The largest absolute Gasteiger partial charge is 0.354 e. The van der Waals surface area contributed by atoms with Crippen LogP contribution in [0, 0.1) is 0 Å². The van der Waals surface area contributed by atoms with Gasteiger partial charge in [0.15, 0.2) is 0 Å². The summed E-state index contributed by atoms with van der Waals surface area (Å²) in [6.07, 6.45) is 0. The van der Waals surface area contributed by atoms with Crippen LogP contribution in [0.1, 0.15) is 0 Å². The molecule has 0 radical (unpaired) electrons. The Morgan fingerprint density at radius 3 is 1.42 bits per heavy atom. The van der Waals surface area contributed by atoms with E-state index in [2.05, 4.69) is 211 Å². The van der Waals surface area contributed by atoms with Crippen LogP contribution in [-0.4, -0.2) is 4.98 Å². The Bertz CT molecular complexity index is 3200. The molecule has 0 fully saturated rings. The number of fused-ring (bicyclic) bond motifs is 9. The minimum atomic E-state index is 1.14. The molecule has 0 amide bonds. The Labute approximate surface area is 319 Å². The number of nitrogens with one attached hydrogen (secondary N) is 1. The second-order valence-corrected chi connectivity index (χ2v) is 14.4. The van der Waals surface area contributed by atoms with Gasteiger partial charge in [-0.1, -0.05) is 200 Å². The Hall–Kier alpha value is -7.22. The van der Waals surface area contributed by atoms with Crippen LogP contribution in [0.4, 0.5) is 0 Å². The van der Waals surface area contributed by atoms with E-state index in [0.717, 1.165) is 11.0 Å². The van der Waals surface area contributed by atoms with Crippen LogP contribution in [0.5, 0.6) is 0 Å². The molecular weight excluding hydrogens is 663 g/mol. The number of H-pyrrole nitrogens is 1. The third-order valence-electron chi connectivity index (χ3n) is 11.4. The SMILES string of the molecule is c1ccc(-c2ccccc2-c2cccc(-c3c(-c4ccccc4)ccc4c3[nH]c3ccccc34)c2-c2cccc3c4ccccc4c4ccccc4c23)cc1. The first-order valence-corrected chi connectivity index (χ1v) is 19.0. The molecule has 0 aliphatic rings. The molecule has 1 nitrogen and oxygen atoms in total. The molecule has 10 aromatic carbocycles. The van der Waals surface area contributed by atoms with Crippen LogP contribution in [-0.2, 0) is 0 Å². The topological polar surface area (TPSA) is 15.8 Å². The molecule has 1 aromatic heterocycles. The standard InChI is InChI=1S/C54H35N/c1-3-17-35(18-4-1)37-21-7-8-22-39(37)45-28-16-31-49(53-38(36-19-5-2-6-20-36)33-34-47-43-26-13-14-32-50(43)55-54(47)53)52(45)48-30-15-29-46-42-24-10-9-23-40(42)41-25-11-12-27-44(41)51(46)48/h1-34,55H. The van der Waals surface area contributed by atoms with Crippen LogP contribution in [0.25, 0.3) is 110 Å². The van der Waals surface area contributed by atoms with E-state index in [9.17, 15) is 0 Å². The summed E-state index contributed by atoms with van der Waals surface area (Å²) in [6, 6.07) is 75.5. The molecule has 0 saturated carbocycles. The third-order valence-corrected chi connectivity index (χ3v) is 11.4. The molecule has 55 heavy (non-hydrogen) atoms. The van der Waals surface area contributed by atoms with Crippen LogP contribution in [0.2, 0.25) is 0 Å². The predicted octanol–water partition coefficient (Wildman–Crippen LogP) is 15.1. The maximum Gasteiger partial charge on any atom is 0.0551 e. The number of aromatic nitrogens is 1. The van der Waals surface area contributed by atoms with Crippen LogP contribution < -0.4 is 0 Å². The zero-order valence-corrected chi connectivity index (χ0v) is 30.1. The van der Waals surface area contributed by atoms with Gasteiger partial charge in [0, 0.05) is 21.9 Å². The van der Waals surface area contributed by atoms with Gasteiger partial charge < -0.3 is 4.98 Å². The van der Waals surface area contributed by atoms with Crippen molar-refractivity contribution in [3.63, 3.8) is 0 Å². The zero-order chi connectivity index (χ0) is 36.3. The average molecular weight is 698 g/mol. The van der Waals surface area contributed by atoms with Crippen LogP contribution >= 0.6 is 0 Å². The van der Waals surface area contributed by atoms with Crippen LogP contribution in [0.15, 0.2) is 206 Å². The number of hydrogen-bond acceptors (Lipinski definition) is 0. The van der Waals surface area contributed by atoms with Crippen molar-refractivity contribution in [3.05, 3.63) is 206 Å². The lowest BCUT2D eigenvalue weighted by Gasteiger charge is -2.23. The molecular formula is C54H35N. The van der Waals surface area contributed by atoms with Gasteiger partial charge in [0.25, 0.3) is 0 Å². The van der Waals surface area contributed by atoms with E-state index < -0.39 is 0 Å². The number of para-hydroxylation sites is 1. The van der Waals surface area contributed by atoms with Crippen molar-refractivity contribution >= 4 is 54.1 Å². The molecule has 1 N–H and O–H groups in total. The van der Waals surface area contributed by atoms with Gasteiger partial charge in [0.1, 0.15) is 0 Å². The van der Waals surface area contributed by atoms with Crippen molar-refractivity contribution in [1.82, 2.24) is 4.98 Å². The van der Waals surface area contributed by atoms with Crippen molar-refractivity contribution in [1.29, 1.82) is 0 Å². The van der Waals surface area contributed by atoms with Crippen molar-refractivity contribution in [2.45, 2.75) is 0 Å². The number of benzene rings is 10. The highest BCUT2D eigenvalue weighted by Gasteiger charge is 2.24. The molecule has 1 heterocycles. The van der Waals surface area contributed by atoms with Gasteiger partial charge >= 0.3 is 0 Å². The van der Waals surface area contributed by atoms with Gasteiger partial charge in [0.05, 0.1) is 5.52 Å². The molecule has 11 aromatic rings. The molecule has 11 rings (SSSR count). The van der Waals surface area contributed by atoms with Crippen molar-refractivity contribution in [2.75, 3.05) is 0 Å². The van der Waals surface area contributed by atoms with E-state index in [-0.39, 0.29) is 0 Å². The van der Waals surface area contributed by atoms with E-state index in [1.807, 2.05) is 0 Å². The Morgan fingerprint density at radius 1 is 0.236 bits per heavy atom. The summed E-state index contributed by atoms with van der Waals surface area (Å²) in [4.78, 5) is 3.92. The summed E-state index contributed by atoms with van der Waals surface area (Å²) in [7, 11) is 0. The fourth-order valence-electron chi connectivity index (χ4n) is 9.08. The first kappa shape index (κ1) is 31.3. The first-order valence-electron chi connectivity index (χ1n) is 19.0. The lowest BCUT2D eigenvalue weighted by atomic mass is 9.80. The molecule has 0 saturated heterocycles. The van der Waals surface area contributed by atoms with Gasteiger partial charge in [0.2, 0.25) is 0 Å². The van der Waals surface area contributed by atoms with Crippen molar-refractivity contribution < 1.29 is 0 Å². The molecule has 0 spiro atoms. The van der Waals surface area contributed by atoms with E-state index in [1.165, 1.54) is 98.7 Å². The molecule has 0 bridgehead atoms. The summed E-state index contributed by atoms with van der Waals surface area (Å²) in [6.45, 7) is 0. The highest BCUT2D eigenvalue weighted by atomic mass is 14.7. The smallest absolute Gasteiger partial charge is 0.0551 e. The Morgan fingerprint density at radius 2 is 0.709 bits per heavy atom. The predicted molar refractivity (Wildman–Crippen MR) is 236 cm³/mol. The number of rotatable bonds is 5. The summed E-state index contributed by atoms with van der Waals surface area (Å²) >= 11 is 0. The molecule has 0 unspecified atom stereocenters. The first-order chi connectivity index (χ1) is 27.3. The fourth-order valence-corrected chi connectivity index (χ4v) is 9.08. The van der Waals surface area contributed by atoms with E-state index in [0.29, 0.717) is 0 Å². The summed E-state index contributed by atoms with van der Waals surface area (Å²) in [5.41, 5.74) is 14.3. The lowest BCUT2D eigenvalue weighted by Crippen LogP contribution is -1.96. The minimum Gasteiger partial charge on any atom is -0.354 e. The third kappa shape index (κ3) is 4.94. The number of aromatic amines is 1. The van der Waals surface area contributed by atoms with E-state index >= 15 is 0 Å². The fraction of sp³-hybridized carbons (Fsp3) is 0. The van der Waals surface area contributed by atoms with Crippen molar-refractivity contribution in [2.24, 2.45) is 0 Å². The van der Waals surface area contributed by atoms with E-state index in [4.69, 9.17) is 0 Å². The van der Waals surface area contributed by atoms with Gasteiger partial charge in [-0.3, -0.25) is 0 Å². The molecule has 256 valence electrons. The number of hydrogen-bond donors (Lipinski definition) is 1. The Balaban J connectivity index is 1.35. The summed E-state index contributed by atoms with van der Waals surface area (Å²) in [5, 5.41) is 10.1. The van der Waals surface area contributed by atoms with Crippen LogP contribution in [0.3, 0.4) is 0 Å². The van der Waals surface area contributed by atoms with Crippen molar-refractivity contribution in [3.8, 4) is 55.6 Å². The molecule has 0 atom stereocenters. The maximum absolute atomic E-state index is 3.92. The normalized spacial score (nSPS) is 11.6. The van der Waals surface area contributed by atoms with Gasteiger partial charge in [-0.2, -0.15) is 0 Å². The Kier molecular flexibility index (Phi) is 7.25. The molecule has 1 heteroatoms. The second kappa shape index (κ2) is 12.7. The van der Waals surface area contributed by atoms with Gasteiger partial charge in [-0.15, -0.1) is 0 Å². The highest BCUT2D eigenvalue weighted by molar-refractivity contribution is 6.29. The molecule has 0 aliphatic carbocycles. The summed E-state index contributed by atoms with van der Waals surface area (Å²) < 4.78 is 0. The second-order valence-electron chi connectivity index (χ2n) is 14.4. The van der Waals surface area contributed by atoms with Gasteiger partial charge in [-0.05, 0) is 88.5 Å². The highest BCUT2D eigenvalue weighted by Crippen LogP contribution is 2.51.